The van der Waals surface area contributed by atoms with Gasteiger partial charge in [0, 0.05) is 6.42 Å². The van der Waals surface area contributed by atoms with Crippen LogP contribution in [0.2, 0.25) is 0 Å². The third-order valence-electron chi connectivity index (χ3n) is 14.1. The fourth-order valence-corrected chi connectivity index (χ4v) is 9.48. The van der Waals surface area contributed by atoms with Crippen LogP contribution in [-0.2, 0) is 33.2 Å². The molecule has 3 fully saturated rings. The number of carbonyl (C=O) groups is 1. The van der Waals surface area contributed by atoms with Crippen molar-refractivity contribution >= 4 is 5.91 Å². The van der Waals surface area contributed by atoms with Gasteiger partial charge in [-0.1, -0.05) is 167 Å². The van der Waals surface area contributed by atoms with Gasteiger partial charge < -0.3 is 89.9 Å². The monoisotopic (exact) mass is 1020 g/mol. The molecule has 1 amide bonds. The smallest absolute Gasteiger partial charge is 0.220 e. The van der Waals surface area contributed by atoms with E-state index in [9.17, 15) is 61.0 Å². The van der Waals surface area contributed by atoms with Crippen molar-refractivity contribution in [3.05, 3.63) is 12.2 Å². The summed E-state index contributed by atoms with van der Waals surface area (Å²) in [6, 6.07) is -0.964. The van der Waals surface area contributed by atoms with Gasteiger partial charge in [-0.05, 0) is 19.3 Å². The van der Waals surface area contributed by atoms with Crippen LogP contribution in [0.25, 0.3) is 0 Å². The molecule has 19 nitrogen and oxygen atoms in total. The number of hydrogen-bond acceptors (Lipinski definition) is 18. The van der Waals surface area contributed by atoms with E-state index in [4.69, 9.17) is 28.4 Å². The van der Waals surface area contributed by atoms with Gasteiger partial charge in [-0.15, -0.1) is 0 Å². The lowest BCUT2D eigenvalue weighted by atomic mass is 9.96. The van der Waals surface area contributed by atoms with Crippen LogP contribution < -0.4 is 5.32 Å². The molecule has 0 saturated carbocycles. The molecule has 0 bridgehead atoms. The molecule has 418 valence electrons. The fraction of sp³-hybridized carbons (Fsp3) is 0.942. The minimum absolute atomic E-state index is 0.246. The highest BCUT2D eigenvalue weighted by atomic mass is 16.8. The van der Waals surface area contributed by atoms with E-state index in [-0.39, 0.29) is 18.9 Å². The number of nitrogens with one attached hydrogen (secondary N) is 1. The molecule has 3 rings (SSSR count). The maximum Gasteiger partial charge on any atom is 0.220 e. The van der Waals surface area contributed by atoms with Gasteiger partial charge >= 0.3 is 0 Å². The maximum atomic E-state index is 13.2. The van der Waals surface area contributed by atoms with Crippen molar-refractivity contribution in [2.75, 3.05) is 26.4 Å². The first-order valence-electron chi connectivity index (χ1n) is 27.4. The minimum atomic E-state index is -1.97. The first-order chi connectivity index (χ1) is 34.3. The number of rotatable bonds is 39. The third-order valence-corrected chi connectivity index (χ3v) is 14.1. The van der Waals surface area contributed by atoms with Gasteiger partial charge in [0.1, 0.15) is 73.2 Å². The van der Waals surface area contributed by atoms with Gasteiger partial charge in [-0.3, -0.25) is 4.79 Å². The van der Waals surface area contributed by atoms with E-state index in [0.29, 0.717) is 6.42 Å². The summed E-state index contributed by atoms with van der Waals surface area (Å²) in [5.41, 5.74) is 0. The molecule has 0 aromatic rings. The van der Waals surface area contributed by atoms with Crippen molar-refractivity contribution in [2.24, 2.45) is 0 Å². The molecular formula is C52H97NO18. The van der Waals surface area contributed by atoms with E-state index in [1.165, 1.54) is 109 Å². The van der Waals surface area contributed by atoms with Crippen molar-refractivity contribution in [1.29, 1.82) is 0 Å². The van der Waals surface area contributed by atoms with Crippen molar-refractivity contribution in [1.82, 2.24) is 5.32 Å². The molecular weight excluding hydrogens is 927 g/mol. The van der Waals surface area contributed by atoms with Gasteiger partial charge in [0.15, 0.2) is 18.9 Å². The Morgan fingerprint density at radius 2 is 0.873 bits per heavy atom. The summed E-state index contributed by atoms with van der Waals surface area (Å²) in [5, 5.41) is 120. The van der Waals surface area contributed by atoms with E-state index in [2.05, 4.69) is 19.2 Å². The normalized spacial score (nSPS) is 32.3. The van der Waals surface area contributed by atoms with Crippen molar-refractivity contribution in [2.45, 2.75) is 285 Å². The maximum absolute atomic E-state index is 13.2. The van der Waals surface area contributed by atoms with Crippen LogP contribution in [0.3, 0.4) is 0 Å². The number of carbonyl (C=O) groups excluding carboxylic acids is 1. The number of allylic oxidation sites excluding steroid dienone is 1. The van der Waals surface area contributed by atoms with Gasteiger partial charge in [0.05, 0.1) is 38.6 Å². The molecule has 3 saturated heterocycles. The first-order valence-corrected chi connectivity index (χ1v) is 27.4. The van der Waals surface area contributed by atoms with E-state index in [0.717, 1.165) is 44.9 Å². The largest absolute Gasteiger partial charge is 0.394 e. The lowest BCUT2D eigenvalue weighted by Gasteiger charge is -2.48. The highest BCUT2D eigenvalue weighted by molar-refractivity contribution is 5.76. The average Bonchev–Trinajstić information content (AvgIpc) is 3.36. The second kappa shape index (κ2) is 37.3. The van der Waals surface area contributed by atoms with Crippen molar-refractivity contribution < 1.29 is 89.4 Å². The van der Waals surface area contributed by atoms with Gasteiger partial charge in [0.25, 0.3) is 0 Å². The highest BCUT2D eigenvalue weighted by Gasteiger charge is 2.53. The summed E-state index contributed by atoms with van der Waals surface area (Å²) >= 11 is 0. The zero-order chi connectivity index (χ0) is 52.0. The molecule has 3 heterocycles. The molecule has 71 heavy (non-hydrogen) atoms. The molecule has 17 atom stereocenters. The van der Waals surface area contributed by atoms with Gasteiger partial charge in [0.2, 0.25) is 5.91 Å². The summed E-state index contributed by atoms with van der Waals surface area (Å²) in [6.45, 7) is 1.68. The van der Waals surface area contributed by atoms with E-state index in [1.807, 2.05) is 6.08 Å². The standard InChI is InChI=1S/C52H97NO18/c1-3-5-7-9-11-13-14-15-16-17-18-19-20-22-23-25-27-29-36(57)35(53-40(58)30-28-26-24-21-12-10-8-6-4-2)34-66-50-46(64)43(61)48(38(32-55)68-50)71-52-47(65)44(62)49(39(33-56)69-52)70-51-45(63)42(60)41(59)37(31-54)67-51/h27,29,35-39,41-52,54-57,59-65H,3-26,28,30-34H2,1-2H3,(H,53,58)/b29-27+. The van der Waals surface area contributed by atoms with E-state index < -0.39 is 124 Å². The Balaban J connectivity index is 1.53. The van der Waals surface area contributed by atoms with Crippen LogP contribution in [0, 0.1) is 0 Å². The highest BCUT2D eigenvalue weighted by Crippen LogP contribution is 2.33. The summed E-state index contributed by atoms with van der Waals surface area (Å²) in [6.07, 6.45) is 6.48. The average molecular weight is 1020 g/mol. The van der Waals surface area contributed by atoms with Crippen molar-refractivity contribution in [3.8, 4) is 0 Å². The second-order valence-electron chi connectivity index (χ2n) is 20.1. The number of amides is 1. The third kappa shape index (κ3) is 22.7. The molecule has 17 unspecified atom stereocenters. The summed E-state index contributed by atoms with van der Waals surface area (Å²) in [5.74, 6) is -0.279. The summed E-state index contributed by atoms with van der Waals surface area (Å²) in [7, 11) is 0. The molecule has 0 spiro atoms. The Morgan fingerprint density at radius 3 is 1.32 bits per heavy atom. The molecule has 0 aliphatic carbocycles. The molecule has 3 aliphatic rings. The lowest BCUT2D eigenvalue weighted by molar-refractivity contribution is -0.379. The Bertz CT molecular complexity index is 1360. The SMILES string of the molecule is CCCCCCCCCCCCCCCCC/C=C/C(O)C(COC1OC(CO)C(OC2OC(CO)C(OC3OC(CO)C(O)C(O)C3O)C(O)C2O)C(O)C1O)NC(=O)CCCCCCCCCCC. The summed E-state index contributed by atoms with van der Waals surface area (Å²) < 4.78 is 34.1. The molecule has 19 heteroatoms. The summed E-state index contributed by atoms with van der Waals surface area (Å²) in [4.78, 5) is 13.2. The number of aliphatic hydroxyl groups is 11. The number of hydrogen-bond donors (Lipinski definition) is 12. The number of aliphatic hydroxyl groups excluding tert-OH is 11. The predicted molar refractivity (Wildman–Crippen MR) is 263 cm³/mol. The lowest BCUT2D eigenvalue weighted by Crippen LogP contribution is -2.66. The van der Waals surface area contributed by atoms with E-state index in [1.54, 1.807) is 6.08 Å². The molecule has 0 radical (unpaired) electrons. The zero-order valence-electron chi connectivity index (χ0n) is 43.0. The predicted octanol–water partition coefficient (Wildman–Crippen LogP) is 3.04. The quantitative estimate of drug-likeness (QED) is 0.0311. The second-order valence-corrected chi connectivity index (χ2v) is 20.1. The van der Waals surface area contributed by atoms with Crippen molar-refractivity contribution in [3.63, 3.8) is 0 Å². The van der Waals surface area contributed by atoms with Crippen LogP contribution in [0.5, 0.6) is 0 Å². The number of unbranched alkanes of at least 4 members (excludes halogenated alkanes) is 23. The Labute approximate surface area is 423 Å². The molecule has 0 aromatic heterocycles. The Kier molecular flexibility index (Phi) is 33.5. The molecule has 12 N–H and O–H groups in total. The van der Waals surface area contributed by atoms with Crippen LogP contribution in [0.4, 0.5) is 0 Å². The van der Waals surface area contributed by atoms with Gasteiger partial charge in [-0.2, -0.15) is 0 Å². The first kappa shape index (κ1) is 63.8. The topological polar surface area (TPSA) is 307 Å². The number of ether oxygens (including phenoxy) is 6. The zero-order valence-corrected chi connectivity index (χ0v) is 43.0. The molecule has 3 aliphatic heterocycles. The van der Waals surface area contributed by atoms with Crippen LogP contribution in [-0.4, -0.2) is 193 Å². The Morgan fingerprint density at radius 1 is 0.493 bits per heavy atom. The van der Waals surface area contributed by atoms with Crippen LogP contribution in [0.15, 0.2) is 12.2 Å². The van der Waals surface area contributed by atoms with Crippen LogP contribution >= 0.6 is 0 Å². The van der Waals surface area contributed by atoms with E-state index >= 15 is 0 Å². The Hall–Kier alpha value is -1.47. The fourth-order valence-electron chi connectivity index (χ4n) is 9.48. The molecule has 0 aromatic carbocycles. The minimum Gasteiger partial charge on any atom is -0.394 e. The van der Waals surface area contributed by atoms with Crippen LogP contribution in [0.1, 0.15) is 181 Å². The van der Waals surface area contributed by atoms with Gasteiger partial charge in [-0.25, -0.2) is 0 Å².